The Morgan fingerprint density at radius 1 is 1.67 bits per heavy atom. The molecule has 0 aromatic carbocycles. The van der Waals surface area contributed by atoms with Crippen molar-refractivity contribution in [3.8, 4) is 0 Å². The molecule has 2 rings (SSSR count). The Labute approximate surface area is 115 Å². The van der Waals surface area contributed by atoms with E-state index in [4.69, 9.17) is 4.74 Å². The van der Waals surface area contributed by atoms with Crippen LogP contribution in [0, 0.1) is 12.8 Å². The van der Waals surface area contributed by atoms with Crippen molar-refractivity contribution < 1.29 is 9.53 Å². The van der Waals surface area contributed by atoms with Crippen molar-refractivity contribution in [3.05, 3.63) is 22.3 Å². The first-order valence-corrected chi connectivity index (χ1v) is 6.95. The fraction of sp³-hybridized carbons (Fsp3) is 0.538. The molecule has 0 bridgehead atoms. The Morgan fingerprint density at radius 3 is 3.11 bits per heavy atom. The lowest BCUT2D eigenvalue weighted by molar-refractivity contribution is -0.121. The molecule has 1 aromatic rings. The molecule has 0 spiro atoms. The van der Waals surface area contributed by atoms with Gasteiger partial charge in [0.25, 0.3) is 0 Å². The SMILES string of the molecule is CCC1OCCC1C(=O)Nc1cc(C)c(Br)cn1. The van der Waals surface area contributed by atoms with Gasteiger partial charge in [-0.25, -0.2) is 4.98 Å². The number of anilines is 1. The van der Waals surface area contributed by atoms with Crippen LogP contribution in [0.4, 0.5) is 5.82 Å². The quantitative estimate of drug-likeness (QED) is 0.933. The van der Waals surface area contributed by atoms with E-state index >= 15 is 0 Å². The third kappa shape index (κ3) is 2.90. The summed E-state index contributed by atoms with van der Waals surface area (Å²) in [5.41, 5.74) is 1.05. The summed E-state index contributed by atoms with van der Waals surface area (Å²) in [5, 5.41) is 2.87. The smallest absolute Gasteiger partial charge is 0.231 e. The molecule has 1 aromatic heterocycles. The number of ether oxygens (including phenoxy) is 1. The Hall–Kier alpha value is -0.940. The largest absolute Gasteiger partial charge is 0.377 e. The number of nitrogens with one attached hydrogen (secondary N) is 1. The number of aryl methyl sites for hydroxylation is 1. The third-order valence-corrected chi connectivity index (χ3v) is 4.08. The zero-order chi connectivity index (χ0) is 13.1. The van der Waals surface area contributed by atoms with Crippen LogP contribution < -0.4 is 5.32 Å². The van der Waals surface area contributed by atoms with Gasteiger partial charge in [-0.15, -0.1) is 0 Å². The fourth-order valence-corrected chi connectivity index (χ4v) is 2.39. The number of hydrogen-bond acceptors (Lipinski definition) is 3. The Bertz CT molecular complexity index is 451. The Morgan fingerprint density at radius 2 is 2.44 bits per heavy atom. The number of nitrogens with zero attached hydrogens (tertiary/aromatic N) is 1. The molecule has 1 amide bonds. The molecular weight excluding hydrogens is 296 g/mol. The second kappa shape index (κ2) is 5.80. The van der Waals surface area contributed by atoms with Crippen molar-refractivity contribution in [2.45, 2.75) is 32.8 Å². The van der Waals surface area contributed by atoms with E-state index in [0.717, 1.165) is 22.9 Å². The van der Waals surface area contributed by atoms with Crippen LogP contribution in [-0.2, 0) is 9.53 Å². The van der Waals surface area contributed by atoms with Crippen molar-refractivity contribution >= 4 is 27.7 Å². The zero-order valence-corrected chi connectivity index (χ0v) is 12.2. The van der Waals surface area contributed by atoms with Crippen LogP contribution in [-0.4, -0.2) is 23.6 Å². The third-order valence-electron chi connectivity index (χ3n) is 3.25. The normalized spacial score (nSPS) is 23.1. The minimum Gasteiger partial charge on any atom is -0.377 e. The van der Waals surface area contributed by atoms with Crippen molar-refractivity contribution in [1.29, 1.82) is 0 Å². The molecule has 98 valence electrons. The van der Waals surface area contributed by atoms with Crippen LogP contribution in [0.5, 0.6) is 0 Å². The van der Waals surface area contributed by atoms with Gasteiger partial charge in [-0.2, -0.15) is 0 Å². The molecule has 1 N–H and O–H groups in total. The average molecular weight is 313 g/mol. The molecule has 0 radical (unpaired) electrons. The van der Waals surface area contributed by atoms with Crippen LogP contribution in [0.25, 0.3) is 0 Å². The van der Waals surface area contributed by atoms with Gasteiger partial charge in [0.1, 0.15) is 5.82 Å². The number of hydrogen-bond donors (Lipinski definition) is 1. The van der Waals surface area contributed by atoms with Gasteiger partial charge in [-0.1, -0.05) is 6.92 Å². The Kier molecular flexibility index (Phi) is 4.35. The van der Waals surface area contributed by atoms with E-state index in [2.05, 4.69) is 26.2 Å². The average Bonchev–Trinajstić information content (AvgIpc) is 2.82. The van der Waals surface area contributed by atoms with E-state index in [1.165, 1.54) is 0 Å². The maximum Gasteiger partial charge on any atom is 0.231 e. The van der Waals surface area contributed by atoms with Crippen molar-refractivity contribution in [2.24, 2.45) is 5.92 Å². The molecule has 1 saturated heterocycles. The van der Waals surface area contributed by atoms with Crippen LogP contribution in [0.2, 0.25) is 0 Å². The number of carbonyl (C=O) groups excluding carboxylic acids is 1. The number of carbonyl (C=O) groups is 1. The van der Waals surface area contributed by atoms with E-state index in [1.807, 2.05) is 19.9 Å². The molecule has 2 unspecified atom stereocenters. The molecule has 18 heavy (non-hydrogen) atoms. The van der Waals surface area contributed by atoms with Gasteiger partial charge in [0.2, 0.25) is 5.91 Å². The number of halogens is 1. The van der Waals surface area contributed by atoms with Gasteiger partial charge in [0.15, 0.2) is 0 Å². The van der Waals surface area contributed by atoms with Gasteiger partial charge in [-0.3, -0.25) is 4.79 Å². The van der Waals surface area contributed by atoms with Crippen molar-refractivity contribution in [2.75, 3.05) is 11.9 Å². The lowest BCUT2D eigenvalue weighted by atomic mass is 9.99. The second-order valence-corrected chi connectivity index (χ2v) is 5.37. The van der Waals surface area contributed by atoms with Crippen LogP contribution in [0.15, 0.2) is 16.7 Å². The highest BCUT2D eigenvalue weighted by atomic mass is 79.9. The first-order chi connectivity index (χ1) is 8.61. The highest BCUT2D eigenvalue weighted by Crippen LogP contribution is 2.25. The summed E-state index contributed by atoms with van der Waals surface area (Å²) < 4.78 is 6.47. The summed E-state index contributed by atoms with van der Waals surface area (Å²) in [6.45, 7) is 4.68. The maximum absolute atomic E-state index is 12.1. The summed E-state index contributed by atoms with van der Waals surface area (Å²) in [7, 11) is 0. The molecule has 0 saturated carbocycles. The predicted molar refractivity (Wildman–Crippen MR) is 73.4 cm³/mol. The molecular formula is C13H17BrN2O2. The molecule has 0 aliphatic carbocycles. The van der Waals surface area contributed by atoms with E-state index < -0.39 is 0 Å². The van der Waals surface area contributed by atoms with E-state index in [-0.39, 0.29) is 17.9 Å². The summed E-state index contributed by atoms with van der Waals surface area (Å²) in [6, 6.07) is 1.86. The molecule has 2 atom stereocenters. The van der Waals surface area contributed by atoms with Crippen LogP contribution in [0.3, 0.4) is 0 Å². The van der Waals surface area contributed by atoms with Gasteiger partial charge in [0, 0.05) is 17.3 Å². The zero-order valence-electron chi connectivity index (χ0n) is 10.6. The molecule has 5 heteroatoms. The van der Waals surface area contributed by atoms with E-state index in [1.54, 1.807) is 6.20 Å². The maximum atomic E-state index is 12.1. The number of rotatable bonds is 3. The van der Waals surface area contributed by atoms with Crippen LogP contribution in [0.1, 0.15) is 25.3 Å². The highest BCUT2D eigenvalue weighted by Gasteiger charge is 2.32. The lowest BCUT2D eigenvalue weighted by Gasteiger charge is -2.16. The number of aromatic nitrogens is 1. The predicted octanol–water partition coefficient (Wildman–Crippen LogP) is 2.91. The van der Waals surface area contributed by atoms with Gasteiger partial charge in [0.05, 0.1) is 12.0 Å². The van der Waals surface area contributed by atoms with Crippen molar-refractivity contribution in [3.63, 3.8) is 0 Å². The summed E-state index contributed by atoms with van der Waals surface area (Å²) >= 11 is 3.39. The van der Waals surface area contributed by atoms with Crippen LogP contribution >= 0.6 is 15.9 Å². The van der Waals surface area contributed by atoms with Crippen molar-refractivity contribution in [1.82, 2.24) is 4.98 Å². The standard InChI is InChI=1S/C13H17BrN2O2/c1-3-11-9(4-5-18-11)13(17)16-12-6-8(2)10(14)7-15-12/h6-7,9,11H,3-5H2,1-2H3,(H,15,16,17). The summed E-state index contributed by atoms with van der Waals surface area (Å²) in [5.74, 6) is 0.553. The molecule has 1 aliphatic rings. The second-order valence-electron chi connectivity index (χ2n) is 4.52. The highest BCUT2D eigenvalue weighted by molar-refractivity contribution is 9.10. The summed E-state index contributed by atoms with van der Waals surface area (Å²) in [4.78, 5) is 16.3. The fourth-order valence-electron chi connectivity index (χ4n) is 2.18. The topological polar surface area (TPSA) is 51.2 Å². The Balaban J connectivity index is 2.04. The number of amides is 1. The van der Waals surface area contributed by atoms with E-state index in [0.29, 0.717) is 12.4 Å². The molecule has 1 aliphatic heterocycles. The monoisotopic (exact) mass is 312 g/mol. The van der Waals surface area contributed by atoms with Gasteiger partial charge >= 0.3 is 0 Å². The first kappa shape index (κ1) is 13.5. The molecule has 4 nitrogen and oxygen atoms in total. The lowest BCUT2D eigenvalue weighted by Crippen LogP contribution is -2.29. The minimum atomic E-state index is -0.0549. The molecule has 1 fully saturated rings. The minimum absolute atomic E-state index is 0.00794. The van der Waals surface area contributed by atoms with Gasteiger partial charge < -0.3 is 10.1 Å². The summed E-state index contributed by atoms with van der Waals surface area (Å²) in [6.07, 6.45) is 3.40. The molecule has 2 heterocycles. The van der Waals surface area contributed by atoms with Gasteiger partial charge in [-0.05, 0) is 47.3 Å². The first-order valence-electron chi connectivity index (χ1n) is 6.16. The van der Waals surface area contributed by atoms with E-state index in [9.17, 15) is 4.79 Å². The number of pyridine rings is 1.